The Bertz CT molecular complexity index is 1080. The molecular weight excluding hydrogens is 556 g/mol. The zero-order valence-electron chi connectivity index (χ0n) is 19.5. The van der Waals surface area contributed by atoms with Gasteiger partial charge in [0.1, 0.15) is 23.0 Å². The van der Waals surface area contributed by atoms with Gasteiger partial charge in [-0.3, -0.25) is 19.2 Å². The number of hydrogen-bond donors (Lipinski definition) is 4. The van der Waals surface area contributed by atoms with Crippen LogP contribution in [0.15, 0.2) is 97.1 Å². The number of aldehydes is 4. The largest absolute Gasteiger partial charge is 0.507 e. The van der Waals surface area contributed by atoms with E-state index in [1.807, 2.05) is 0 Å². The summed E-state index contributed by atoms with van der Waals surface area (Å²) in [6.45, 7) is 0. The van der Waals surface area contributed by atoms with Gasteiger partial charge < -0.3 is 20.4 Å². The summed E-state index contributed by atoms with van der Waals surface area (Å²) in [5.74, 6) is 0.139. The van der Waals surface area contributed by atoms with Gasteiger partial charge in [-0.25, -0.2) is 0 Å². The number of phenols is 4. The van der Waals surface area contributed by atoms with Gasteiger partial charge in [-0.1, -0.05) is 48.5 Å². The second-order valence-corrected chi connectivity index (χ2v) is 6.71. The van der Waals surface area contributed by atoms with E-state index in [1.54, 1.807) is 72.8 Å². The number of para-hydroxylation sites is 4. The van der Waals surface area contributed by atoms with Crippen molar-refractivity contribution in [1.82, 2.24) is 0 Å². The molecule has 0 fully saturated rings. The molecule has 0 amide bonds. The molecule has 0 aliphatic carbocycles. The first-order valence-corrected chi connectivity index (χ1v) is 10.3. The minimum Gasteiger partial charge on any atom is -0.507 e. The summed E-state index contributed by atoms with van der Waals surface area (Å²) in [6.07, 6.45) is 2.48. The van der Waals surface area contributed by atoms with Crippen molar-refractivity contribution < 1.29 is 65.8 Å². The van der Waals surface area contributed by atoms with Gasteiger partial charge in [-0.15, -0.1) is 0 Å². The maximum absolute atomic E-state index is 10.1. The van der Waals surface area contributed by atoms with Gasteiger partial charge in [-0.05, 0) is 48.5 Å². The van der Waals surface area contributed by atoms with Crippen molar-refractivity contribution in [3.63, 3.8) is 0 Å². The summed E-state index contributed by atoms with van der Waals surface area (Å²) in [5.41, 5.74) is 1.32. The first kappa shape index (κ1) is 32.6. The second kappa shape index (κ2) is 18.9. The smallest absolute Gasteiger partial charge is 0.153 e. The molecule has 188 valence electrons. The molecule has 9 heteroatoms. The monoisotopic (exact) mass is 578 g/mol. The van der Waals surface area contributed by atoms with Crippen molar-refractivity contribution in [2.24, 2.45) is 0 Å². The fourth-order valence-electron chi connectivity index (χ4n) is 2.35. The topological polar surface area (TPSA) is 149 Å². The Kier molecular flexibility index (Phi) is 16.7. The number of benzene rings is 4. The van der Waals surface area contributed by atoms with Crippen molar-refractivity contribution >= 4 is 25.1 Å². The number of carbonyl (C=O) groups is 4. The third kappa shape index (κ3) is 12.2. The van der Waals surface area contributed by atoms with Gasteiger partial charge in [-0.2, -0.15) is 0 Å². The number of hydrogen-bond acceptors (Lipinski definition) is 8. The zero-order chi connectivity index (χ0) is 26.8. The quantitative estimate of drug-likeness (QED) is 0.252. The molecule has 0 saturated heterocycles. The minimum absolute atomic E-state index is 0. The van der Waals surface area contributed by atoms with Crippen LogP contribution in [0.5, 0.6) is 23.0 Å². The Morgan fingerprint density at radius 3 is 0.622 bits per heavy atom. The molecule has 4 aromatic carbocycles. The van der Waals surface area contributed by atoms with Crippen LogP contribution in [0, 0.1) is 0 Å². The van der Waals surface area contributed by atoms with E-state index >= 15 is 0 Å². The molecule has 4 rings (SSSR count). The van der Waals surface area contributed by atoms with Crippen LogP contribution in [0.1, 0.15) is 41.4 Å². The van der Waals surface area contributed by atoms with E-state index < -0.39 is 0 Å². The normalized spacial score (nSPS) is 8.65. The van der Waals surface area contributed by atoms with Gasteiger partial charge in [0, 0.05) is 26.2 Å². The molecule has 0 aromatic heterocycles. The summed E-state index contributed by atoms with van der Waals surface area (Å²) < 4.78 is 0. The minimum atomic E-state index is 0. The van der Waals surface area contributed by atoms with Crippen LogP contribution in [0.2, 0.25) is 0 Å². The van der Waals surface area contributed by atoms with Gasteiger partial charge in [0.2, 0.25) is 0 Å². The van der Waals surface area contributed by atoms with Crippen LogP contribution in [0.25, 0.3) is 0 Å². The van der Waals surface area contributed by atoms with E-state index in [2.05, 4.69) is 0 Å². The maximum atomic E-state index is 10.1. The summed E-state index contributed by atoms with van der Waals surface area (Å²) in [5, 5.41) is 35.5. The van der Waals surface area contributed by atoms with Crippen LogP contribution in [-0.2, 0) is 26.2 Å². The zero-order valence-corrected chi connectivity index (χ0v) is 21.9. The van der Waals surface area contributed by atoms with Crippen LogP contribution < -0.4 is 0 Å². The van der Waals surface area contributed by atoms with Gasteiger partial charge in [0.15, 0.2) is 25.1 Å². The van der Waals surface area contributed by atoms with Crippen molar-refractivity contribution in [2.45, 2.75) is 0 Å². The van der Waals surface area contributed by atoms with E-state index in [0.717, 1.165) is 0 Å². The summed E-state index contributed by atoms with van der Waals surface area (Å²) in [7, 11) is 0. The molecule has 0 heterocycles. The number of carbonyl (C=O) groups excluding carboxylic acids is 4. The number of aromatic hydroxyl groups is 4. The third-order valence-electron chi connectivity index (χ3n) is 4.25. The number of phenolic OH excluding ortho intramolecular Hbond substituents is 4. The molecular formula is C28H24O8Zr. The predicted octanol–water partition coefficient (Wildman–Crippen LogP) is 4.82. The molecule has 0 spiro atoms. The van der Waals surface area contributed by atoms with Crippen molar-refractivity contribution in [2.75, 3.05) is 0 Å². The van der Waals surface area contributed by atoms with Crippen LogP contribution in [0.3, 0.4) is 0 Å². The molecule has 0 aliphatic rings. The van der Waals surface area contributed by atoms with E-state index in [0.29, 0.717) is 47.4 Å². The molecule has 8 nitrogen and oxygen atoms in total. The van der Waals surface area contributed by atoms with Crippen molar-refractivity contribution in [3.8, 4) is 23.0 Å². The van der Waals surface area contributed by atoms with Crippen LogP contribution in [-0.4, -0.2) is 45.6 Å². The molecule has 0 aliphatic heterocycles. The molecule has 37 heavy (non-hydrogen) atoms. The fraction of sp³-hybridized carbons (Fsp3) is 0. The Labute approximate surface area is 232 Å². The molecule has 0 unspecified atom stereocenters. The average molecular weight is 580 g/mol. The van der Waals surface area contributed by atoms with E-state index in [1.165, 1.54) is 24.3 Å². The average Bonchev–Trinajstić information content (AvgIpc) is 2.91. The molecule has 0 radical (unpaired) electrons. The Morgan fingerprint density at radius 1 is 0.351 bits per heavy atom. The van der Waals surface area contributed by atoms with Crippen molar-refractivity contribution in [3.05, 3.63) is 119 Å². The first-order valence-electron chi connectivity index (χ1n) is 10.3. The first-order chi connectivity index (χ1) is 17.4. The number of rotatable bonds is 4. The van der Waals surface area contributed by atoms with E-state index in [-0.39, 0.29) is 49.2 Å². The van der Waals surface area contributed by atoms with E-state index in [9.17, 15) is 19.2 Å². The molecule has 0 atom stereocenters. The molecule has 0 saturated carbocycles. The van der Waals surface area contributed by atoms with E-state index in [4.69, 9.17) is 20.4 Å². The van der Waals surface area contributed by atoms with Crippen LogP contribution >= 0.6 is 0 Å². The molecule has 4 N–H and O–H groups in total. The second-order valence-electron chi connectivity index (χ2n) is 6.71. The Balaban J connectivity index is 0.000000463. The summed E-state index contributed by atoms with van der Waals surface area (Å²) in [4.78, 5) is 40.3. The Morgan fingerprint density at radius 2 is 0.514 bits per heavy atom. The molecule has 0 bridgehead atoms. The van der Waals surface area contributed by atoms with Gasteiger partial charge in [0.25, 0.3) is 0 Å². The summed E-state index contributed by atoms with van der Waals surface area (Å²) >= 11 is 0. The van der Waals surface area contributed by atoms with Crippen LogP contribution in [0.4, 0.5) is 0 Å². The van der Waals surface area contributed by atoms with Gasteiger partial charge >= 0.3 is 0 Å². The fourth-order valence-corrected chi connectivity index (χ4v) is 2.35. The van der Waals surface area contributed by atoms with Gasteiger partial charge in [0.05, 0.1) is 22.3 Å². The SMILES string of the molecule is O=Cc1ccccc1O.O=Cc1ccccc1O.O=Cc1ccccc1O.O=Cc1ccccc1O.[Zr]. The Hall–Kier alpha value is -4.36. The summed E-state index contributed by atoms with van der Waals surface area (Å²) in [6, 6.07) is 25.6. The van der Waals surface area contributed by atoms with Crippen molar-refractivity contribution in [1.29, 1.82) is 0 Å². The standard InChI is InChI=1S/4C7H6O2.Zr/c4*8-5-6-3-1-2-4-7(6)9;/h4*1-5,9H;. The third-order valence-corrected chi connectivity index (χ3v) is 4.25. The predicted molar refractivity (Wildman–Crippen MR) is 134 cm³/mol. The molecule has 4 aromatic rings. The maximum Gasteiger partial charge on any atom is 0.153 e.